The summed E-state index contributed by atoms with van der Waals surface area (Å²) < 4.78 is 5.24. The van der Waals surface area contributed by atoms with Crippen LogP contribution in [0.15, 0.2) is 58.7 Å². The maximum absolute atomic E-state index is 11.9. The van der Waals surface area contributed by atoms with Gasteiger partial charge in [0.25, 0.3) is 0 Å². The van der Waals surface area contributed by atoms with Gasteiger partial charge in [-0.2, -0.15) is 5.10 Å². The van der Waals surface area contributed by atoms with Gasteiger partial charge < -0.3 is 16.2 Å². The molecule has 22 heavy (non-hydrogen) atoms. The first-order chi connectivity index (χ1) is 10.5. The van der Waals surface area contributed by atoms with Crippen LogP contribution in [0.4, 0.5) is 0 Å². The van der Waals surface area contributed by atoms with Gasteiger partial charge in [-0.25, -0.2) is 4.79 Å². The fraction of sp³-hybridized carbons (Fsp3) is 0. The molecule has 0 bridgehead atoms. The Labute approximate surface area is 132 Å². The lowest BCUT2D eigenvalue weighted by atomic mass is 10.2. The highest BCUT2D eigenvalue weighted by molar-refractivity contribution is 6.30. The third kappa shape index (κ3) is 4.60. The second kappa shape index (κ2) is 7.24. The highest BCUT2D eigenvalue weighted by Crippen LogP contribution is 2.15. The molecule has 0 radical (unpaired) electrons. The molecule has 2 rings (SSSR count). The number of ether oxygens (including phenoxy) is 1. The Bertz CT molecular complexity index is 705. The summed E-state index contributed by atoms with van der Waals surface area (Å²) in [5, 5.41) is 7.72. The Morgan fingerprint density at radius 3 is 2.27 bits per heavy atom. The predicted molar refractivity (Wildman–Crippen MR) is 86.3 cm³/mol. The molecule has 0 aliphatic rings. The highest BCUT2D eigenvalue weighted by atomic mass is 35.5. The van der Waals surface area contributed by atoms with E-state index in [2.05, 4.69) is 10.2 Å². The van der Waals surface area contributed by atoms with E-state index in [-0.39, 0.29) is 5.96 Å². The van der Waals surface area contributed by atoms with Crippen molar-refractivity contribution in [2.45, 2.75) is 0 Å². The molecule has 0 amide bonds. The van der Waals surface area contributed by atoms with Crippen LogP contribution in [-0.4, -0.2) is 18.1 Å². The lowest BCUT2D eigenvalue weighted by Crippen LogP contribution is -2.21. The van der Waals surface area contributed by atoms with Crippen molar-refractivity contribution in [3.8, 4) is 5.75 Å². The zero-order valence-corrected chi connectivity index (χ0v) is 12.2. The summed E-state index contributed by atoms with van der Waals surface area (Å²) in [6.45, 7) is 0. The molecule has 0 saturated heterocycles. The summed E-state index contributed by atoms with van der Waals surface area (Å²) in [5.74, 6) is -0.165. The van der Waals surface area contributed by atoms with Crippen molar-refractivity contribution in [3.05, 3.63) is 64.7 Å². The van der Waals surface area contributed by atoms with Gasteiger partial charge in [0.15, 0.2) is 0 Å². The van der Waals surface area contributed by atoms with E-state index in [1.165, 1.54) is 6.21 Å². The minimum absolute atomic E-state index is 0.121. The smallest absolute Gasteiger partial charge is 0.343 e. The van der Waals surface area contributed by atoms with Crippen LogP contribution in [-0.2, 0) is 0 Å². The van der Waals surface area contributed by atoms with Crippen LogP contribution in [0.1, 0.15) is 15.9 Å². The maximum atomic E-state index is 11.9. The number of hydrogen-bond donors (Lipinski definition) is 2. The summed E-state index contributed by atoms with van der Waals surface area (Å²) in [4.78, 5) is 11.9. The van der Waals surface area contributed by atoms with Crippen LogP contribution in [0.2, 0.25) is 5.02 Å². The van der Waals surface area contributed by atoms with Crippen molar-refractivity contribution in [2.75, 3.05) is 0 Å². The van der Waals surface area contributed by atoms with Gasteiger partial charge in [0.05, 0.1) is 11.8 Å². The number of benzene rings is 2. The van der Waals surface area contributed by atoms with Crippen LogP contribution in [0.5, 0.6) is 5.75 Å². The number of nitrogens with two attached hydrogens (primary N) is 2. The van der Waals surface area contributed by atoms with E-state index in [4.69, 9.17) is 27.8 Å². The minimum Gasteiger partial charge on any atom is -0.423 e. The van der Waals surface area contributed by atoms with Crippen molar-refractivity contribution >= 4 is 29.7 Å². The van der Waals surface area contributed by atoms with Crippen LogP contribution < -0.4 is 16.2 Å². The van der Waals surface area contributed by atoms with Gasteiger partial charge in [0.1, 0.15) is 5.75 Å². The largest absolute Gasteiger partial charge is 0.423 e. The second-order valence-electron chi connectivity index (χ2n) is 4.23. The highest BCUT2D eigenvalue weighted by Gasteiger charge is 2.08. The van der Waals surface area contributed by atoms with Crippen molar-refractivity contribution < 1.29 is 9.53 Å². The van der Waals surface area contributed by atoms with Crippen molar-refractivity contribution in [2.24, 2.45) is 21.7 Å². The number of carbonyl (C=O) groups is 1. The molecule has 0 heterocycles. The van der Waals surface area contributed by atoms with Crippen LogP contribution in [0.25, 0.3) is 0 Å². The number of nitrogens with zero attached hydrogens (tertiary/aromatic N) is 2. The number of esters is 1. The monoisotopic (exact) mass is 316 g/mol. The Balaban J connectivity index is 2.02. The molecule has 0 spiro atoms. The molecule has 4 N–H and O–H groups in total. The zero-order valence-electron chi connectivity index (χ0n) is 11.4. The molecule has 112 valence electrons. The van der Waals surface area contributed by atoms with E-state index in [1.807, 2.05) is 0 Å². The van der Waals surface area contributed by atoms with Crippen LogP contribution in [0, 0.1) is 0 Å². The van der Waals surface area contributed by atoms with Crippen LogP contribution >= 0.6 is 11.6 Å². The standard InChI is InChI=1S/C15H13ClN4O2/c16-12-5-3-11(4-6-12)14(21)22-13-7-1-10(2-8-13)9-19-20-15(17)18/h1-9H,(H4,17,18,20). The van der Waals surface area contributed by atoms with E-state index in [0.29, 0.717) is 16.3 Å². The average molecular weight is 317 g/mol. The van der Waals surface area contributed by atoms with Gasteiger partial charge >= 0.3 is 5.97 Å². The van der Waals surface area contributed by atoms with E-state index >= 15 is 0 Å². The molecular formula is C15H13ClN4O2. The number of halogens is 1. The van der Waals surface area contributed by atoms with Crippen molar-refractivity contribution in [3.63, 3.8) is 0 Å². The summed E-state index contributed by atoms with van der Waals surface area (Å²) in [6.07, 6.45) is 1.48. The summed E-state index contributed by atoms with van der Waals surface area (Å²) in [7, 11) is 0. The van der Waals surface area contributed by atoms with Gasteiger partial charge in [-0.05, 0) is 54.1 Å². The molecule has 0 aliphatic carbocycles. The van der Waals surface area contributed by atoms with E-state index < -0.39 is 5.97 Å². The molecule has 0 aromatic heterocycles. The molecule has 7 heteroatoms. The SMILES string of the molecule is NC(N)=NN=Cc1ccc(OC(=O)c2ccc(Cl)cc2)cc1. The Hall–Kier alpha value is -2.86. The number of hydrogen-bond acceptors (Lipinski definition) is 4. The first-order valence-corrected chi connectivity index (χ1v) is 6.62. The van der Waals surface area contributed by atoms with Gasteiger partial charge in [0.2, 0.25) is 5.96 Å². The first-order valence-electron chi connectivity index (χ1n) is 6.24. The normalized spacial score (nSPS) is 10.4. The Kier molecular flexibility index (Phi) is 5.11. The van der Waals surface area contributed by atoms with Crippen molar-refractivity contribution in [1.29, 1.82) is 0 Å². The van der Waals surface area contributed by atoms with Gasteiger partial charge in [-0.3, -0.25) is 0 Å². The topological polar surface area (TPSA) is 103 Å². The van der Waals surface area contributed by atoms with E-state index in [1.54, 1.807) is 48.5 Å². The molecule has 0 fully saturated rings. The third-order valence-corrected chi connectivity index (χ3v) is 2.80. The third-order valence-electron chi connectivity index (χ3n) is 2.55. The summed E-state index contributed by atoms with van der Waals surface area (Å²) >= 11 is 5.77. The summed E-state index contributed by atoms with van der Waals surface area (Å²) in [6, 6.07) is 13.2. The van der Waals surface area contributed by atoms with Gasteiger partial charge in [0, 0.05) is 5.02 Å². The zero-order chi connectivity index (χ0) is 15.9. The minimum atomic E-state index is -0.460. The molecule has 2 aromatic carbocycles. The molecule has 0 unspecified atom stereocenters. The van der Waals surface area contributed by atoms with Crippen molar-refractivity contribution in [1.82, 2.24) is 0 Å². The molecule has 2 aromatic rings. The second-order valence-corrected chi connectivity index (χ2v) is 4.67. The first kappa shape index (κ1) is 15.5. The van der Waals surface area contributed by atoms with Gasteiger partial charge in [-0.15, -0.1) is 5.10 Å². The Morgan fingerprint density at radius 1 is 1.05 bits per heavy atom. The maximum Gasteiger partial charge on any atom is 0.343 e. The lowest BCUT2D eigenvalue weighted by molar-refractivity contribution is 0.0735. The molecule has 0 atom stereocenters. The molecule has 0 saturated carbocycles. The van der Waals surface area contributed by atoms with E-state index in [9.17, 15) is 4.79 Å². The average Bonchev–Trinajstić information content (AvgIpc) is 2.49. The number of guanidine groups is 1. The summed E-state index contributed by atoms with van der Waals surface area (Å²) in [5.41, 5.74) is 11.5. The fourth-order valence-corrected chi connectivity index (χ4v) is 1.66. The Morgan fingerprint density at radius 2 is 1.68 bits per heavy atom. The quantitative estimate of drug-likeness (QED) is 0.296. The molecule has 6 nitrogen and oxygen atoms in total. The van der Waals surface area contributed by atoms with E-state index in [0.717, 1.165) is 5.56 Å². The number of carbonyl (C=O) groups excluding carboxylic acids is 1. The van der Waals surface area contributed by atoms with Crippen LogP contribution in [0.3, 0.4) is 0 Å². The van der Waals surface area contributed by atoms with Gasteiger partial charge in [-0.1, -0.05) is 11.6 Å². The molecular weight excluding hydrogens is 304 g/mol. The molecule has 0 aliphatic heterocycles. The number of rotatable bonds is 4. The lowest BCUT2D eigenvalue weighted by Gasteiger charge is -2.04. The fourth-order valence-electron chi connectivity index (χ4n) is 1.54. The predicted octanol–water partition coefficient (Wildman–Crippen LogP) is 2.17.